The molecule has 2 rings (SSSR count). The Morgan fingerprint density at radius 1 is 1.30 bits per heavy atom. The fourth-order valence-electron chi connectivity index (χ4n) is 1.82. The number of nitrogens with zero attached hydrogens (tertiary/aromatic N) is 1. The second kappa shape index (κ2) is 6.21. The largest absolute Gasteiger partial charge is 0.375 e. The molecule has 1 aromatic carbocycles. The van der Waals surface area contributed by atoms with Crippen LogP contribution in [-0.4, -0.2) is 44.0 Å². The summed E-state index contributed by atoms with van der Waals surface area (Å²) in [7, 11) is -4.01. The summed E-state index contributed by atoms with van der Waals surface area (Å²) in [5.74, 6) is 0. The van der Waals surface area contributed by atoms with Gasteiger partial charge in [0.15, 0.2) is 0 Å². The molecule has 0 saturated carbocycles. The number of rotatable bonds is 4. The molecule has 1 saturated heterocycles. The predicted molar refractivity (Wildman–Crippen MR) is 71.0 cm³/mol. The lowest BCUT2D eigenvalue weighted by Gasteiger charge is -2.28. The fourth-order valence-corrected chi connectivity index (χ4v) is 3.22. The van der Waals surface area contributed by atoms with E-state index in [2.05, 4.69) is 0 Å². The van der Waals surface area contributed by atoms with Crippen LogP contribution in [0.3, 0.4) is 0 Å². The molecule has 1 fully saturated rings. The first-order chi connectivity index (χ1) is 9.51. The van der Waals surface area contributed by atoms with Crippen molar-refractivity contribution in [1.29, 1.82) is 0 Å². The summed E-state index contributed by atoms with van der Waals surface area (Å²) >= 11 is 0. The van der Waals surface area contributed by atoms with Crippen LogP contribution in [0.4, 0.5) is 4.79 Å². The van der Waals surface area contributed by atoms with Crippen LogP contribution in [0.5, 0.6) is 0 Å². The predicted octanol–water partition coefficient (Wildman–Crippen LogP) is 0.270. The van der Waals surface area contributed by atoms with Gasteiger partial charge in [0.05, 0.1) is 26.4 Å². The van der Waals surface area contributed by atoms with Crippen molar-refractivity contribution in [3.05, 3.63) is 35.9 Å². The topological polar surface area (TPSA) is 98.9 Å². The molecule has 1 aliphatic heterocycles. The monoisotopic (exact) mass is 300 g/mol. The smallest absolute Gasteiger partial charge is 0.328 e. The summed E-state index contributed by atoms with van der Waals surface area (Å²) in [5.41, 5.74) is 4.65. The van der Waals surface area contributed by atoms with Crippen molar-refractivity contribution in [1.82, 2.24) is 4.31 Å². The lowest BCUT2D eigenvalue weighted by atomic mass is 10.2. The van der Waals surface area contributed by atoms with Crippen LogP contribution in [0.2, 0.25) is 0 Å². The minimum atomic E-state index is -4.01. The number of amides is 2. The van der Waals surface area contributed by atoms with Crippen LogP contribution < -0.4 is 5.73 Å². The van der Waals surface area contributed by atoms with E-state index in [1.165, 1.54) is 0 Å². The molecule has 1 atom stereocenters. The molecule has 0 bridgehead atoms. The van der Waals surface area contributed by atoms with Crippen molar-refractivity contribution < 1.29 is 22.7 Å². The number of carbonyl (C=O) groups is 1. The molecule has 0 aromatic heterocycles. The lowest BCUT2D eigenvalue weighted by molar-refractivity contribution is -0.0551. The molecule has 1 aliphatic rings. The van der Waals surface area contributed by atoms with E-state index < -0.39 is 21.5 Å². The van der Waals surface area contributed by atoms with Crippen molar-refractivity contribution in [2.75, 3.05) is 19.8 Å². The average Bonchev–Trinajstić information content (AvgIpc) is 2.46. The van der Waals surface area contributed by atoms with Gasteiger partial charge in [0.2, 0.25) is 5.44 Å². The molecule has 110 valence electrons. The van der Waals surface area contributed by atoms with Gasteiger partial charge in [0.1, 0.15) is 0 Å². The zero-order valence-corrected chi connectivity index (χ0v) is 11.6. The van der Waals surface area contributed by atoms with E-state index >= 15 is 0 Å². The van der Waals surface area contributed by atoms with E-state index in [0.717, 1.165) is 0 Å². The van der Waals surface area contributed by atoms with Gasteiger partial charge < -0.3 is 15.2 Å². The minimum absolute atomic E-state index is 0.110. The first-order valence-corrected chi connectivity index (χ1v) is 7.56. The third kappa shape index (κ3) is 3.27. The van der Waals surface area contributed by atoms with Crippen LogP contribution in [0.1, 0.15) is 5.56 Å². The van der Waals surface area contributed by atoms with Crippen LogP contribution in [0.15, 0.2) is 30.3 Å². The summed E-state index contributed by atoms with van der Waals surface area (Å²) in [6.45, 7) is 0.266. The van der Waals surface area contributed by atoms with Gasteiger partial charge in [0.25, 0.3) is 10.0 Å². The van der Waals surface area contributed by atoms with Gasteiger partial charge in [-0.3, -0.25) is 0 Å². The highest BCUT2D eigenvalue weighted by Gasteiger charge is 2.36. The molecule has 2 amide bonds. The third-order valence-corrected chi connectivity index (χ3v) is 4.70. The molecule has 20 heavy (non-hydrogen) atoms. The SMILES string of the molecule is NC(=O)N(Cc1ccccc1)S(=O)(=O)C1COCCO1. The van der Waals surface area contributed by atoms with Gasteiger partial charge in [0, 0.05) is 0 Å². The highest BCUT2D eigenvalue weighted by molar-refractivity contribution is 7.90. The van der Waals surface area contributed by atoms with E-state index in [-0.39, 0.29) is 19.8 Å². The number of benzene rings is 1. The summed E-state index contributed by atoms with van der Waals surface area (Å²) in [5, 5.41) is 0. The van der Waals surface area contributed by atoms with Crippen LogP contribution in [-0.2, 0) is 26.0 Å². The first-order valence-electron chi connectivity index (χ1n) is 6.06. The van der Waals surface area contributed by atoms with E-state index in [9.17, 15) is 13.2 Å². The van der Waals surface area contributed by atoms with Gasteiger partial charge in [-0.15, -0.1) is 0 Å². The molecule has 8 heteroatoms. The van der Waals surface area contributed by atoms with Crippen molar-refractivity contribution >= 4 is 16.1 Å². The van der Waals surface area contributed by atoms with Crippen molar-refractivity contribution in [2.45, 2.75) is 12.0 Å². The van der Waals surface area contributed by atoms with Crippen LogP contribution in [0, 0.1) is 0 Å². The summed E-state index contributed by atoms with van der Waals surface area (Å²) in [4.78, 5) is 11.5. The van der Waals surface area contributed by atoms with Crippen molar-refractivity contribution in [3.8, 4) is 0 Å². The number of hydrogen-bond donors (Lipinski definition) is 1. The Morgan fingerprint density at radius 2 is 2.00 bits per heavy atom. The number of urea groups is 1. The number of nitrogens with two attached hydrogens (primary N) is 1. The van der Waals surface area contributed by atoms with E-state index in [0.29, 0.717) is 16.5 Å². The Balaban J connectivity index is 2.21. The molecule has 0 aliphatic carbocycles. The molecule has 1 unspecified atom stereocenters. The zero-order chi connectivity index (χ0) is 14.6. The molecular weight excluding hydrogens is 284 g/mol. The third-order valence-electron chi connectivity index (χ3n) is 2.84. The lowest BCUT2D eigenvalue weighted by Crippen LogP contribution is -2.48. The zero-order valence-electron chi connectivity index (χ0n) is 10.8. The second-order valence-corrected chi connectivity index (χ2v) is 6.25. The fraction of sp³-hybridized carbons (Fsp3) is 0.417. The average molecular weight is 300 g/mol. The van der Waals surface area contributed by atoms with Crippen molar-refractivity contribution in [3.63, 3.8) is 0 Å². The number of sulfonamides is 1. The summed E-state index contributed by atoms with van der Waals surface area (Å²) in [6, 6.07) is 7.68. The van der Waals surface area contributed by atoms with Crippen LogP contribution in [0.25, 0.3) is 0 Å². The molecule has 0 radical (unpaired) electrons. The van der Waals surface area contributed by atoms with E-state index in [4.69, 9.17) is 15.2 Å². The molecular formula is C12H16N2O5S. The number of ether oxygens (including phenoxy) is 2. The standard InChI is InChI=1S/C12H16N2O5S/c13-12(15)14(8-10-4-2-1-3-5-10)20(16,17)11-9-18-6-7-19-11/h1-5,11H,6-9H2,(H2,13,15). The Kier molecular flexibility index (Phi) is 4.58. The molecule has 0 spiro atoms. The van der Waals surface area contributed by atoms with Gasteiger partial charge >= 0.3 is 6.03 Å². The maximum absolute atomic E-state index is 12.4. The van der Waals surface area contributed by atoms with Gasteiger partial charge in [-0.05, 0) is 5.56 Å². The van der Waals surface area contributed by atoms with Gasteiger partial charge in [-0.1, -0.05) is 30.3 Å². The van der Waals surface area contributed by atoms with Crippen molar-refractivity contribution in [2.24, 2.45) is 5.73 Å². The molecule has 7 nitrogen and oxygen atoms in total. The Bertz CT molecular complexity index is 554. The summed E-state index contributed by atoms with van der Waals surface area (Å²) in [6.07, 6.45) is 0. The second-order valence-electron chi connectivity index (χ2n) is 4.25. The quantitative estimate of drug-likeness (QED) is 0.860. The summed E-state index contributed by atoms with van der Waals surface area (Å²) < 4.78 is 35.5. The Morgan fingerprint density at radius 3 is 2.55 bits per heavy atom. The van der Waals surface area contributed by atoms with Crippen LogP contribution >= 0.6 is 0 Å². The highest BCUT2D eigenvalue weighted by atomic mass is 32.2. The Hall–Kier alpha value is -1.64. The normalized spacial score (nSPS) is 19.5. The molecule has 2 N–H and O–H groups in total. The number of carbonyl (C=O) groups excluding carboxylic acids is 1. The Labute approximate surface area is 117 Å². The van der Waals surface area contributed by atoms with E-state index in [1.807, 2.05) is 0 Å². The number of primary amides is 1. The first kappa shape index (κ1) is 14.8. The number of hydrogen-bond acceptors (Lipinski definition) is 5. The maximum Gasteiger partial charge on any atom is 0.328 e. The molecule has 1 heterocycles. The maximum atomic E-state index is 12.4. The minimum Gasteiger partial charge on any atom is -0.375 e. The molecule has 1 aromatic rings. The highest BCUT2D eigenvalue weighted by Crippen LogP contribution is 2.17. The van der Waals surface area contributed by atoms with Gasteiger partial charge in [-0.25, -0.2) is 17.5 Å². The van der Waals surface area contributed by atoms with E-state index in [1.54, 1.807) is 30.3 Å². The van der Waals surface area contributed by atoms with Gasteiger partial charge in [-0.2, -0.15) is 0 Å².